The molecule has 1 fully saturated rings. The predicted octanol–water partition coefficient (Wildman–Crippen LogP) is 3.75. The van der Waals surface area contributed by atoms with Crippen molar-refractivity contribution in [3.05, 3.63) is 28.7 Å². The van der Waals surface area contributed by atoms with Crippen LogP contribution in [0.5, 0.6) is 0 Å². The number of halogens is 1. The molecule has 0 aliphatic carbocycles. The van der Waals surface area contributed by atoms with Crippen molar-refractivity contribution >= 4 is 27.5 Å². The summed E-state index contributed by atoms with van der Waals surface area (Å²) in [4.78, 5) is 14.6. The summed E-state index contributed by atoms with van der Waals surface area (Å²) in [5.74, 6) is 1.41. The average Bonchev–Trinajstić information content (AvgIpc) is 2.39. The number of anilines is 1. The number of hydrogen-bond donors (Lipinski definition) is 1. The minimum Gasteiger partial charge on any atom is -0.325 e. The molecule has 3 nitrogen and oxygen atoms in total. The van der Waals surface area contributed by atoms with E-state index in [4.69, 9.17) is 0 Å². The Morgan fingerprint density at radius 2 is 1.80 bits per heavy atom. The molecule has 110 valence electrons. The van der Waals surface area contributed by atoms with Gasteiger partial charge in [-0.1, -0.05) is 29.8 Å². The highest BCUT2D eigenvalue weighted by Gasteiger charge is 2.28. The Morgan fingerprint density at radius 1 is 1.25 bits per heavy atom. The Hall–Kier alpha value is -0.870. The van der Waals surface area contributed by atoms with E-state index in [9.17, 15) is 4.79 Å². The molecule has 0 saturated carbocycles. The van der Waals surface area contributed by atoms with E-state index in [1.165, 1.54) is 6.42 Å². The molecule has 0 bridgehead atoms. The summed E-state index contributed by atoms with van der Waals surface area (Å²) >= 11 is 3.40. The van der Waals surface area contributed by atoms with Gasteiger partial charge in [0.25, 0.3) is 0 Å². The van der Waals surface area contributed by atoms with Gasteiger partial charge in [-0.25, -0.2) is 0 Å². The Labute approximate surface area is 129 Å². The predicted molar refractivity (Wildman–Crippen MR) is 86.8 cm³/mol. The van der Waals surface area contributed by atoms with Crippen molar-refractivity contribution in [1.29, 1.82) is 0 Å². The molecule has 2 rings (SSSR count). The fourth-order valence-electron chi connectivity index (χ4n) is 2.97. The van der Waals surface area contributed by atoms with Crippen molar-refractivity contribution in [3.8, 4) is 0 Å². The highest BCUT2D eigenvalue weighted by molar-refractivity contribution is 9.10. The number of benzene rings is 1. The maximum absolute atomic E-state index is 12.3. The van der Waals surface area contributed by atoms with Gasteiger partial charge in [0, 0.05) is 23.2 Å². The van der Waals surface area contributed by atoms with Gasteiger partial charge in [-0.05, 0) is 49.4 Å². The van der Waals surface area contributed by atoms with Crippen LogP contribution in [0.2, 0.25) is 0 Å². The number of amides is 1. The number of carbonyl (C=O) groups excluding carboxylic acids is 1. The van der Waals surface area contributed by atoms with Crippen molar-refractivity contribution in [1.82, 2.24) is 4.90 Å². The average molecular weight is 339 g/mol. The molecular formula is C16H23BrN2O. The lowest BCUT2D eigenvalue weighted by Gasteiger charge is -2.38. The fraction of sp³-hybridized carbons (Fsp3) is 0.562. The van der Waals surface area contributed by atoms with Crippen LogP contribution in [0.15, 0.2) is 28.7 Å². The number of piperidine rings is 1. The third kappa shape index (κ3) is 4.06. The van der Waals surface area contributed by atoms with Crippen LogP contribution < -0.4 is 5.32 Å². The first kappa shape index (κ1) is 15.5. The van der Waals surface area contributed by atoms with E-state index in [0.29, 0.717) is 11.8 Å². The largest absolute Gasteiger partial charge is 0.325 e. The second kappa shape index (κ2) is 6.72. The summed E-state index contributed by atoms with van der Waals surface area (Å²) in [6.45, 7) is 8.56. The minimum atomic E-state index is -0.0798. The van der Waals surface area contributed by atoms with Crippen molar-refractivity contribution in [2.75, 3.05) is 18.4 Å². The molecule has 1 heterocycles. The first-order valence-corrected chi connectivity index (χ1v) is 8.05. The zero-order valence-corrected chi connectivity index (χ0v) is 14.0. The Morgan fingerprint density at radius 3 is 2.35 bits per heavy atom. The van der Waals surface area contributed by atoms with Crippen LogP contribution in [-0.2, 0) is 4.79 Å². The van der Waals surface area contributed by atoms with Crippen molar-refractivity contribution in [3.63, 3.8) is 0 Å². The molecule has 4 heteroatoms. The van der Waals surface area contributed by atoms with Gasteiger partial charge in [0.15, 0.2) is 0 Å². The zero-order valence-electron chi connectivity index (χ0n) is 12.4. The first-order chi connectivity index (χ1) is 9.45. The van der Waals surface area contributed by atoms with Crippen LogP contribution >= 0.6 is 15.9 Å². The summed E-state index contributed by atoms with van der Waals surface area (Å²) in [6.07, 6.45) is 1.26. The zero-order chi connectivity index (χ0) is 14.7. The smallest absolute Gasteiger partial charge is 0.241 e. The monoisotopic (exact) mass is 338 g/mol. The Balaban J connectivity index is 1.96. The van der Waals surface area contributed by atoms with Gasteiger partial charge in [-0.15, -0.1) is 0 Å². The van der Waals surface area contributed by atoms with E-state index in [2.05, 4.69) is 40.0 Å². The van der Waals surface area contributed by atoms with Crippen molar-refractivity contribution in [2.24, 2.45) is 11.8 Å². The molecule has 1 aromatic carbocycles. The van der Waals surface area contributed by atoms with Crippen LogP contribution in [0.25, 0.3) is 0 Å². The molecule has 3 atom stereocenters. The second-order valence-electron chi connectivity index (χ2n) is 6.07. The van der Waals surface area contributed by atoms with E-state index in [1.54, 1.807) is 0 Å². The lowest BCUT2D eigenvalue weighted by Crippen LogP contribution is -2.48. The molecule has 1 aliphatic rings. The number of likely N-dealkylation sites (tertiary alicyclic amines) is 1. The fourth-order valence-corrected chi connectivity index (χ4v) is 3.24. The van der Waals surface area contributed by atoms with E-state index >= 15 is 0 Å². The quantitative estimate of drug-likeness (QED) is 0.910. The topological polar surface area (TPSA) is 32.3 Å². The molecule has 20 heavy (non-hydrogen) atoms. The molecule has 0 aromatic heterocycles. The van der Waals surface area contributed by atoms with Gasteiger partial charge in [0.2, 0.25) is 5.91 Å². The number of rotatable bonds is 3. The van der Waals surface area contributed by atoms with Crippen LogP contribution in [0.3, 0.4) is 0 Å². The maximum atomic E-state index is 12.3. The van der Waals surface area contributed by atoms with Crippen LogP contribution in [-0.4, -0.2) is 29.9 Å². The van der Waals surface area contributed by atoms with Crippen molar-refractivity contribution < 1.29 is 4.79 Å². The van der Waals surface area contributed by atoms with Gasteiger partial charge < -0.3 is 5.32 Å². The van der Waals surface area contributed by atoms with E-state index < -0.39 is 0 Å². The lowest BCUT2D eigenvalue weighted by molar-refractivity contribution is -0.121. The minimum absolute atomic E-state index is 0.0774. The van der Waals surface area contributed by atoms with Crippen LogP contribution in [0, 0.1) is 11.8 Å². The molecule has 0 spiro atoms. The van der Waals surface area contributed by atoms with E-state index in [-0.39, 0.29) is 11.9 Å². The van der Waals surface area contributed by atoms with Crippen LogP contribution in [0.4, 0.5) is 5.69 Å². The number of carbonyl (C=O) groups is 1. The molecule has 1 saturated heterocycles. The molecule has 1 N–H and O–H groups in total. The number of nitrogens with one attached hydrogen (secondary N) is 1. The maximum Gasteiger partial charge on any atom is 0.241 e. The SMILES string of the molecule is C[C@H]1C[C@H](C)CN([C@@H](C)C(=O)Nc2ccc(Br)cc2)C1. The normalized spacial score (nSPS) is 25.2. The summed E-state index contributed by atoms with van der Waals surface area (Å²) < 4.78 is 1.02. The van der Waals surface area contributed by atoms with E-state index in [0.717, 1.165) is 23.2 Å². The van der Waals surface area contributed by atoms with Gasteiger partial charge in [-0.3, -0.25) is 9.69 Å². The highest BCUT2D eigenvalue weighted by Crippen LogP contribution is 2.23. The third-order valence-corrected chi connectivity index (χ3v) is 4.46. The molecule has 1 aromatic rings. The standard InChI is InChI=1S/C16H23BrN2O/c1-11-8-12(2)10-19(9-11)13(3)16(20)18-15-6-4-14(17)5-7-15/h4-7,11-13H,8-10H2,1-3H3,(H,18,20)/t11-,12-,13-/m0/s1. The molecule has 0 unspecified atom stereocenters. The molecular weight excluding hydrogens is 316 g/mol. The third-order valence-electron chi connectivity index (χ3n) is 3.94. The molecule has 0 radical (unpaired) electrons. The summed E-state index contributed by atoms with van der Waals surface area (Å²) in [7, 11) is 0. The number of hydrogen-bond acceptors (Lipinski definition) is 2. The summed E-state index contributed by atoms with van der Waals surface area (Å²) in [5, 5.41) is 2.99. The number of nitrogens with zero attached hydrogens (tertiary/aromatic N) is 1. The summed E-state index contributed by atoms with van der Waals surface area (Å²) in [6, 6.07) is 7.62. The van der Waals surface area contributed by atoms with Gasteiger partial charge in [0.1, 0.15) is 0 Å². The second-order valence-corrected chi connectivity index (χ2v) is 6.99. The Kier molecular flexibility index (Phi) is 5.22. The van der Waals surface area contributed by atoms with Crippen LogP contribution in [0.1, 0.15) is 27.2 Å². The lowest BCUT2D eigenvalue weighted by atomic mass is 9.91. The van der Waals surface area contributed by atoms with E-state index in [1.807, 2.05) is 31.2 Å². The van der Waals surface area contributed by atoms with Gasteiger partial charge >= 0.3 is 0 Å². The highest BCUT2D eigenvalue weighted by atomic mass is 79.9. The molecule has 1 amide bonds. The summed E-state index contributed by atoms with van der Waals surface area (Å²) in [5.41, 5.74) is 0.850. The van der Waals surface area contributed by atoms with Crippen molar-refractivity contribution in [2.45, 2.75) is 33.2 Å². The van der Waals surface area contributed by atoms with Gasteiger partial charge in [-0.2, -0.15) is 0 Å². The molecule has 1 aliphatic heterocycles. The van der Waals surface area contributed by atoms with Gasteiger partial charge in [0.05, 0.1) is 6.04 Å². The first-order valence-electron chi connectivity index (χ1n) is 7.26. The Bertz CT molecular complexity index is 450.